The zero-order valence-electron chi connectivity index (χ0n) is 19.7. The van der Waals surface area contributed by atoms with Crippen LogP contribution in [0.15, 0.2) is 18.3 Å². The fraction of sp³-hybridized carbons (Fsp3) is 0.318. The number of nitrogens with one attached hydrogen (secondary N) is 1. The molecule has 202 valence electrons. The highest BCUT2D eigenvalue weighted by Crippen LogP contribution is 2.43. The fourth-order valence-corrected chi connectivity index (χ4v) is 4.95. The van der Waals surface area contributed by atoms with Crippen molar-refractivity contribution in [1.82, 2.24) is 24.5 Å². The molecule has 4 rings (SSSR count). The molecule has 4 heterocycles. The van der Waals surface area contributed by atoms with Gasteiger partial charge < -0.3 is 11.1 Å². The predicted octanol–water partition coefficient (Wildman–Crippen LogP) is 5.24. The number of nitrogens with two attached hydrogens (primary N) is 1. The van der Waals surface area contributed by atoms with E-state index in [-0.39, 0.29) is 26.3 Å². The van der Waals surface area contributed by atoms with E-state index >= 15 is 0 Å². The quantitative estimate of drug-likeness (QED) is 0.272. The normalized spacial score (nSPS) is 11.9. The minimum Gasteiger partial charge on any atom is -0.365 e. The molecule has 0 radical (unpaired) electrons. The van der Waals surface area contributed by atoms with E-state index in [4.69, 9.17) is 5.73 Å². The van der Waals surface area contributed by atoms with Crippen molar-refractivity contribution in [2.75, 3.05) is 5.32 Å². The van der Waals surface area contributed by atoms with Crippen LogP contribution in [0, 0.1) is 6.92 Å². The maximum atomic E-state index is 13.7. The molecule has 0 atom stereocenters. The summed E-state index contributed by atoms with van der Waals surface area (Å²) in [6.07, 6.45) is -7.88. The molecular weight excluding hydrogens is 540 g/mol. The average molecular weight is 559 g/mol. The van der Waals surface area contributed by atoms with Gasteiger partial charge in [0.2, 0.25) is 5.91 Å². The third-order valence-corrected chi connectivity index (χ3v) is 6.76. The Balaban J connectivity index is 1.85. The van der Waals surface area contributed by atoms with E-state index in [1.165, 1.54) is 6.20 Å². The first kappa shape index (κ1) is 27.1. The summed E-state index contributed by atoms with van der Waals surface area (Å²) < 4.78 is 82.1. The third kappa shape index (κ3) is 4.94. The maximum Gasteiger partial charge on any atom is 0.282 e. The van der Waals surface area contributed by atoms with E-state index in [0.29, 0.717) is 39.9 Å². The van der Waals surface area contributed by atoms with E-state index in [9.17, 15) is 35.9 Å². The highest BCUT2D eigenvalue weighted by Gasteiger charge is 2.27. The number of anilines is 1. The van der Waals surface area contributed by atoms with Crippen LogP contribution < -0.4 is 11.1 Å². The second-order valence-corrected chi connectivity index (χ2v) is 9.01. The van der Waals surface area contributed by atoms with Gasteiger partial charge in [0.1, 0.15) is 33.3 Å². The molecule has 0 saturated carbocycles. The standard InChI is InChI=1S/C22H19F6N7O2S/c1-3-34-8(2)10(6-30-34)9-4-11(18(23)24)31-22-15(9)16(17(38-22)21(29)37)32-14(36)7-35-13(20(27)28)5-12(33-35)19(25)26/h4-6,18-20H,3,7H2,1-2H3,(H2,29,37)(H,32,36). The van der Waals surface area contributed by atoms with Crippen LogP contribution in [0.5, 0.6) is 0 Å². The van der Waals surface area contributed by atoms with Gasteiger partial charge in [-0.25, -0.2) is 31.3 Å². The zero-order valence-corrected chi connectivity index (χ0v) is 20.5. The van der Waals surface area contributed by atoms with Crippen LogP contribution in [0.4, 0.5) is 32.0 Å². The number of pyridine rings is 1. The van der Waals surface area contributed by atoms with Gasteiger partial charge in [-0.2, -0.15) is 10.2 Å². The first-order valence-electron chi connectivity index (χ1n) is 10.9. The van der Waals surface area contributed by atoms with E-state index < -0.39 is 54.7 Å². The van der Waals surface area contributed by atoms with Crippen molar-refractivity contribution in [3.05, 3.63) is 46.0 Å². The molecule has 0 aliphatic carbocycles. The van der Waals surface area contributed by atoms with Crippen LogP contribution in [-0.2, 0) is 17.9 Å². The maximum absolute atomic E-state index is 13.7. The lowest BCUT2D eigenvalue weighted by molar-refractivity contribution is -0.117. The molecule has 0 aliphatic rings. The van der Waals surface area contributed by atoms with Crippen LogP contribution in [0.1, 0.15) is 58.6 Å². The smallest absolute Gasteiger partial charge is 0.282 e. The summed E-state index contributed by atoms with van der Waals surface area (Å²) in [4.78, 5) is 28.7. The van der Waals surface area contributed by atoms with Crippen molar-refractivity contribution in [1.29, 1.82) is 0 Å². The van der Waals surface area contributed by atoms with Crippen molar-refractivity contribution >= 4 is 39.1 Å². The SMILES string of the molecule is CCn1ncc(-c2cc(C(F)F)nc3sc(C(N)=O)c(NC(=O)Cn4nc(C(F)F)cc4C(F)F)c23)c1C. The number of alkyl halides is 6. The first-order chi connectivity index (χ1) is 17.9. The molecule has 0 bridgehead atoms. The highest BCUT2D eigenvalue weighted by molar-refractivity contribution is 7.21. The number of rotatable bonds is 9. The van der Waals surface area contributed by atoms with Crippen LogP contribution in [0.3, 0.4) is 0 Å². The van der Waals surface area contributed by atoms with Gasteiger partial charge in [0, 0.05) is 23.2 Å². The number of carbonyl (C=O) groups is 2. The monoisotopic (exact) mass is 559 g/mol. The minimum atomic E-state index is -3.20. The molecule has 0 saturated heterocycles. The van der Waals surface area contributed by atoms with E-state index in [1.54, 1.807) is 11.6 Å². The van der Waals surface area contributed by atoms with Gasteiger partial charge >= 0.3 is 0 Å². The first-order valence-corrected chi connectivity index (χ1v) is 11.8. The molecular formula is C22H19F6N7O2S. The summed E-state index contributed by atoms with van der Waals surface area (Å²) in [5, 5.41) is 10.1. The number of amides is 2. The number of carbonyl (C=O) groups excluding carboxylic acids is 2. The van der Waals surface area contributed by atoms with Gasteiger partial charge in [-0.05, 0) is 31.5 Å². The largest absolute Gasteiger partial charge is 0.365 e. The molecule has 4 aromatic heterocycles. The Morgan fingerprint density at radius 3 is 2.26 bits per heavy atom. The van der Waals surface area contributed by atoms with Crippen LogP contribution in [0.2, 0.25) is 0 Å². The van der Waals surface area contributed by atoms with Crippen molar-refractivity contribution in [2.24, 2.45) is 5.73 Å². The van der Waals surface area contributed by atoms with Gasteiger partial charge in [-0.3, -0.25) is 19.0 Å². The lowest BCUT2D eigenvalue weighted by Gasteiger charge is -2.12. The molecule has 38 heavy (non-hydrogen) atoms. The van der Waals surface area contributed by atoms with Crippen molar-refractivity contribution in [3.8, 4) is 11.1 Å². The lowest BCUT2D eigenvalue weighted by Crippen LogP contribution is -2.22. The van der Waals surface area contributed by atoms with Gasteiger partial charge in [0.25, 0.3) is 25.2 Å². The number of fused-ring (bicyclic) bond motifs is 1. The van der Waals surface area contributed by atoms with Crippen molar-refractivity contribution in [3.63, 3.8) is 0 Å². The molecule has 0 unspecified atom stereocenters. The summed E-state index contributed by atoms with van der Waals surface area (Å²) in [5.74, 6) is -2.02. The molecule has 0 aliphatic heterocycles. The number of nitrogens with zero attached hydrogens (tertiary/aromatic N) is 5. The van der Waals surface area contributed by atoms with Gasteiger partial charge in [0.05, 0.1) is 11.9 Å². The Bertz CT molecular complexity index is 1530. The number of hydrogen-bond acceptors (Lipinski definition) is 6. The molecule has 0 spiro atoms. The Morgan fingerprint density at radius 1 is 1.03 bits per heavy atom. The fourth-order valence-electron chi connectivity index (χ4n) is 3.94. The molecule has 4 aromatic rings. The van der Waals surface area contributed by atoms with Crippen LogP contribution in [0.25, 0.3) is 21.3 Å². The summed E-state index contributed by atoms with van der Waals surface area (Å²) in [6.45, 7) is 3.08. The number of primary amides is 1. The van der Waals surface area contributed by atoms with E-state index in [2.05, 4.69) is 20.5 Å². The number of halogens is 6. The molecule has 0 aromatic carbocycles. The highest BCUT2D eigenvalue weighted by atomic mass is 32.1. The number of aromatic nitrogens is 5. The van der Waals surface area contributed by atoms with Gasteiger partial charge in [-0.1, -0.05) is 0 Å². The third-order valence-electron chi connectivity index (χ3n) is 5.66. The Morgan fingerprint density at radius 2 is 1.71 bits per heavy atom. The van der Waals surface area contributed by atoms with Gasteiger partial charge in [-0.15, -0.1) is 11.3 Å². The number of hydrogen-bond donors (Lipinski definition) is 2. The topological polar surface area (TPSA) is 121 Å². The van der Waals surface area contributed by atoms with Crippen LogP contribution >= 0.6 is 11.3 Å². The number of aryl methyl sites for hydroxylation is 1. The molecule has 0 fully saturated rings. The molecule has 3 N–H and O–H groups in total. The summed E-state index contributed by atoms with van der Waals surface area (Å²) in [5.41, 5.74) is 4.03. The molecule has 9 nitrogen and oxygen atoms in total. The Kier molecular flexibility index (Phi) is 7.44. The Hall–Kier alpha value is -3.95. The van der Waals surface area contributed by atoms with Crippen molar-refractivity contribution < 1.29 is 35.9 Å². The zero-order chi connectivity index (χ0) is 27.9. The minimum absolute atomic E-state index is 0.0436. The van der Waals surface area contributed by atoms with Gasteiger partial charge in [0.15, 0.2) is 0 Å². The molecule has 16 heteroatoms. The van der Waals surface area contributed by atoms with Crippen LogP contribution in [-0.4, -0.2) is 36.4 Å². The lowest BCUT2D eigenvalue weighted by atomic mass is 10.0. The molecule has 2 amide bonds. The summed E-state index contributed by atoms with van der Waals surface area (Å²) >= 11 is 0.653. The van der Waals surface area contributed by atoms with E-state index in [0.717, 1.165) is 6.07 Å². The summed E-state index contributed by atoms with van der Waals surface area (Å²) in [6, 6.07) is 1.58. The summed E-state index contributed by atoms with van der Waals surface area (Å²) in [7, 11) is 0. The average Bonchev–Trinajstić information content (AvgIpc) is 3.53. The number of thiophene rings is 1. The second-order valence-electron chi connectivity index (χ2n) is 8.01. The second kappa shape index (κ2) is 10.4. The Labute approximate surface area is 214 Å². The predicted molar refractivity (Wildman–Crippen MR) is 125 cm³/mol. The van der Waals surface area contributed by atoms with Crippen molar-refractivity contribution in [2.45, 2.75) is 46.2 Å². The van der Waals surface area contributed by atoms with E-state index in [1.807, 2.05) is 6.92 Å².